The van der Waals surface area contributed by atoms with Gasteiger partial charge in [-0.05, 0) is 39.2 Å². The Morgan fingerprint density at radius 3 is 3.19 bits per heavy atom. The summed E-state index contributed by atoms with van der Waals surface area (Å²) in [6, 6.07) is 1.89. The van der Waals surface area contributed by atoms with Gasteiger partial charge < -0.3 is 15.0 Å². The van der Waals surface area contributed by atoms with Crippen molar-refractivity contribution in [3.05, 3.63) is 29.0 Å². The zero-order valence-corrected chi connectivity index (χ0v) is 16.8. The van der Waals surface area contributed by atoms with Crippen LogP contribution in [0.1, 0.15) is 42.4 Å². The fourth-order valence-corrected chi connectivity index (χ4v) is 4.83. The minimum absolute atomic E-state index is 0.0736. The van der Waals surface area contributed by atoms with Gasteiger partial charge in [0.2, 0.25) is 0 Å². The van der Waals surface area contributed by atoms with E-state index in [2.05, 4.69) is 15.4 Å². The molecule has 4 rings (SSSR count). The lowest BCUT2D eigenvalue weighted by atomic mass is 9.86. The molecular formula is C19H27N5O2S. The second-order valence-electron chi connectivity index (χ2n) is 7.60. The first-order valence-corrected chi connectivity index (χ1v) is 10.6. The van der Waals surface area contributed by atoms with Gasteiger partial charge in [-0.3, -0.25) is 9.48 Å². The smallest absolute Gasteiger partial charge is 0.272 e. The summed E-state index contributed by atoms with van der Waals surface area (Å²) >= 11 is 1.62. The highest BCUT2D eigenvalue weighted by Gasteiger charge is 2.44. The lowest BCUT2D eigenvalue weighted by molar-refractivity contribution is -0.0451. The quantitative estimate of drug-likeness (QED) is 0.851. The van der Waals surface area contributed by atoms with Gasteiger partial charge in [0.25, 0.3) is 5.91 Å². The Bertz CT molecular complexity index is 790. The molecule has 1 N–H and O–H groups in total. The van der Waals surface area contributed by atoms with Crippen LogP contribution in [-0.2, 0) is 11.3 Å². The molecule has 2 aliphatic heterocycles. The van der Waals surface area contributed by atoms with Crippen molar-refractivity contribution in [3.63, 3.8) is 0 Å². The summed E-state index contributed by atoms with van der Waals surface area (Å²) in [6.07, 6.45) is 4.81. The highest BCUT2D eigenvalue weighted by Crippen LogP contribution is 2.38. The maximum Gasteiger partial charge on any atom is 0.272 e. The van der Waals surface area contributed by atoms with Crippen molar-refractivity contribution < 1.29 is 9.53 Å². The average molecular weight is 390 g/mol. The zero-order chi connectivity index (χ0) is 18.9. The molecule has 8 heteroatoms. The molecule has 2 fully saturated rings. The number of hydrogen-bond donors (Lipinski definition) is 1. The zero-order valence-electron chi connectivity index (χ0n) is 16.0. The van der Waals surface area contributed by atoms with Crippen molar-refractivity contribution in [3.8, 4) is 0 Å². The number of aromatic nitrogens is 3. The molecule has 7 nitrogen and oxygen atoms in total. The van der Waals surface area contributed by atoms with Crippen molar-refractivity contribution in [2.75, 3.05) is 31.6 Å². The van der Waals surface area contributed by atoms with Crippen molar-refractivity contribution >= 4 is 22.4 Å². The second-order valence-corrected chi connectivity index (χ2v) is 8.49. The van der Waals surface area contributed by atoms with Crippen LogP contribution in [0.15, 0.2) is 17.6 Å². The molecule has 2 aromatic rings. The number of rotatable bonds is 5. The first kappa shape index (κ1) is 18.4. The van der Waals surface area contributed by atoms with E-state index >= 15 is 0 Å². The number of aryl methyl sites for hydroxylation is 2. The van der Waals surface area contributed by atoms with E-state index in [1.54, 1.807) is 16.0 Å². The van der Waals surface area contributed by atoms with Crippen LogP contribution in [-0.4, -0.2) is 57.4 Å². The minimum atomic E-state index is -0.199. The third-order valence-electron chi connectivity index (χ3n) is 5.51. The van der Waals surface area contributed by atoms with Crippen LogP contribution in [0.2, 0.25) is 0 Å². The van der Waals surface area contributed by atoms with Crippen LogP contribution >= 0.6 is 11.3 Å². The summed E-state index contributed by atoms with van der Waals surface area (Å²) in [5, 5.41) is 10.8. The standard InChI is InChI=1S/C19H27N5O2S/c1-3-24-16(9-14(2)22-24)17(25)23-7-4-5-19(13-23)10-15(12-26-19)11-21-18-20-6-8-27-18/h6,8-9,15H,3-5,7,10-13H2,1-2H3,(H,20,21)/t15-,19+/m0/s1. The SMILES string of the molecule is CCn1nc(C)cc1C(=O)N1CCC[C@@]2(C[C@@H](CNc3nccs3)CO2)C1. The number of likely N-dealkylation sites (tertiary alicyclic amines) is 1. The van der Waals surface area contributed by atoms with Gasteiger partial charge in [-0.1, -0.05) is 0 Å². The van der Waals surface area contributed by atoms with E-state index in [0.717, 1.165) is 49.8 Å². The van der Waals surface area contributed by atoms with Crippen LogP contribution in [0.5, 0.6) is 0 Å². The van der Waals surface area contributed by atoms with Crippen molar-refractivity contribution in [1.82, 2.24) is 19.7 Å². The summed E-state index contributed by atoms with van der Waals surface area (Å²) in [5.74, 6) is 0.525. The van der Waals surface area contributed by atoms with Crippen LogP contribution < -0.4 is 5.32 Å². The number of carbonyl (C=O) groups excluding carboxylic acids is 1. The summed E-state index contributed by atoms with van der Waals surface area (Å²) < 4.78 is 8.07. The predicted octanol–water partition coefficient (Wildman–Crippen LogP) is 2.79. The predicted molar refractivity (Wildman–Crippen MR) is 105 cm³/mol. The van der Waals surface area contributed by atoms with Crippen molar-refractivity contribution in [2.45, 2.75) is 45.3 Å². The Labute approximate surface area is 163 Å². The molecular weight excluding hydrogens is 362 g/mol. The van der Waals surface area contributed by atoms with Crippen molar-refractivity contribution in [1.29, 1.82) is 0 Å². The molecule has 2 aliphatic rings. The number of anilines is 1. The van der Waals surface area contributed by atoms with Crippen LogP contribution in [0.4, 0.5) is 5.13 Å². The molecule has 1 spiro atoms. The number of hydrogen-bond acceptors (Lipinski definition) is 6. The van der Waals surface area contributed by atoms with Gasteiger partial charge in [-0.25, -0.2) is 4.98 Å². The van der Waals surface area contributed by atoms with Gasteiger partial charge in [-0.2, -0.15) is 5.10 Å². The summed E-state index contributed by atoms with van der Waals surface area (Å²) in [4.78, 5) is 19.3. The minimum Gasteiger partial charge on any atom is -0.373 e. The molecule has 0 aromatic carbocycles. The second kappa shape index (κ2) is 7.59. The number of nitrogens with one attached hydrogen (secondary N) is 1. The first-order valence-electron chi connectivity index (χ1n) is 9.69. The molecule has 2 atom stereocenters. The highest BCUT2D eigenvalue weighted by atomic mass is 32.1. The number of carbonyl (C=O) groups is 1. The maximum atomic E-state index is 13.1. The molecule has 146 valence electrons. The number of amides is 1. The molecule has 2 aromatic heterocycles. The lowest BCUT2D eigenvalue weighted by Gasteiger charge is -2.39. The number of thiazole rings is 1. The Hall–Kier alpha value is -1.93. The molecule has 2 saturated heterocycles. The largest absolute Gasteiger partial charge is 0.373 e. The van der Waals surface area contributed by atoms with Gasteiger partial charge in [0.15, 0.2) is 5.13 Å². The maximum absolute atomic E-state index is 13.1. The monoisotopic (exact) mass is 389 g/mol. The highest BCUT2D eigenvalue weighted by molar-refractivity contribution is 7.13. The van der Waals surface area contributed by atoms with E-state index in [1.165, 1.54) is 0 Å². The fourth-order valence-electron chi connectivity index (χ4n) is 4.29. The normalized spacial score (nSPS) is 25.3. The third kappa shape index (κ3) is 3.87. The fraction of sp³-hybridized carbons (Fsp3) is 0.632. The van der Waals surface area contributed by atoms with Gasteiger partial charge in [0, 0.05) is 37.1 Å². The summed E-state index contributed by atoms with van der Waals surface area (Å²) in [6.45, 7) is 7.72. The Balaban J connectivity index is 1.39. The first-order chi connectivity index (χ1) is 13.1. The molecule has 0 aliphatic carbocycles. The summed E-state index contributed by atoms with van der Waals surface area (Å²) in [7, 11) is 0. The van der Waals surface area contributed by atoms with Crippen LogP contribution in [0.25, 0.3) is 0 Å². The molecule has 0 radical (unpaired) electrons. The number of piperidine rings is 1. The van der Waals surface area contributed by atoms with Gasteiger partial charge >= 0.3 is 0 Å². The lowest BCUT2D eigenvalue weighted by Crippen LogP contribution is -2.50. The van der Waals surface area contributed by atoms with E-state index in [1.807, 2.05) is 36.4 Å². The Morgan fingerprint density at radius 2 is 2.41 bits per heavy atom. The molecule has 4 heterocycles. The average Bonchev–Trinajstić information content (AvgIpc) is 3.40. The van der Waals surface area contributed by atoms with E-state index in [-0.39, 0.29) is 11.5 Å². The number of nitrogens with zero attached hydrogens (tertiary/aromatic N) is 4. The molecule has 1 amide bonds. The topological polar surface area (TPSA) is 72.3 Å². The Morgan fingerprint density at radius 1 is 1.52 bits per heavy atom. The molecule has 0 bridgehead atoms. The van der Waals surface area contributed by atoms with Gasteiger partial charge in [0.1, 0.15) is 5.69 Å². The Kier molecular flexibility index (Phi) is 5.19. The van der Waals surface area contributed by atoms with Crippen LogP contribution in [0.3, 0.4) is 0 Å². The van der Waals surface area contributed by atoms with E-state index in [4.69, 9.17) is 4.74 Å². The third-order valence-corrected chi connectivity index (χ3v) is 6.24. The molecule has 27 heavy (non-hydrogen) atoms. The van der Waals surface area contributed by atoms with Crippen LogP contribution in [0, 0.1) is 12.8 Å². The van der Waals surface area contributed by atoms with E-state index < -0.39 is 0 Å². The van der Waals surface area contributed by atoms with Crippen molar-refractivity contribution in [2.24, 2.45) is 5.92 Å². The number of ether oxygens (including phenoxy) is 1. The van der Waals surface area contributed by atoms with E-state index in [9.17, 15) is 4.79 Å². The van der Waals surface area contributed by atoms with Gasteiger partial charge in [-0.15, -0.1) is 11.3 Å². The molecule has 0 unspecified atom stereocenters. The van der Waals surface area contributed by atoms with Gasteiger partial charge in [0.05, 0.1) is 24.4 Å². The summed E-state index contributed by atoms with van der Waals surface area (Å²) in [5.41, 5.74) is 1.37. The molecule has 0 saturated carbocycles. The van der Waals surface area contributed by atoms with E-state index in [0.29, 0.717) is 24.7 Å².